The van der Waals surface area contributed by atoms with Crippen LogP contribution in [0.3, 0.4) is 0 Å². The Morgan fingerprint density at radius 2 is 2.24 bits per heavy atom. The number of aliphatic hydroxyl groups is 1. The molecule has 3 rings (SSSR count). The lowest BCUT2D eigenvalue weighted by molar-refractivity contribution is -0.122. The van der Waals surface area contributed by atoms with Crippen molar-refractivity contribution >= 4 is 28.6 Å². The van der Waals surface area contributed by atoms with Crippen LogP contribution < -0.4 is 10.5 Å². The lowest BCUT2D eigenvalue weighted by atomic mass is 10.1. The van der Waals surface area contributed by atoms with Crippen LogP contribution in [0.25, 0.3) is 11.0 Å². The van der Waals surface area contributed by atoms with Gasteiger partial charge in [-0.25, -0.2) is 0 Å². The number of aryl methyl sites for hydroxylation is 1. The summed E-state index contributed by atoms with van der Waals surface area (Å²) in [5.74, 6) is 1.86. The van der Waals surface area contributed by atoms with Gasteiger partial charge in [-0.1, -0.05) is 0 Å². The zero-order chi connectivity index (χ0) is 18.0. The summed E-state index contributed by atoms with van der Waals surface area (Å²) in [5, 5.41) is 10.2. The second kappa shape index (κ2) is 7.41. The van der Waals surface area contributed by atoms with Crippen LogP contribution >= 0.6 is 11.8 Å². The number of furan rings is 1. The second-order valence-corrected chi connectivity index (χ2v) is 7.07. The molecule has 1 amide bonds. The number of benzene rings is 1. The molecule has 0 aliphatic carbocycles. The van der Waals surface area contributed by atoms with Crippen molar-refractivity contribution in [3.05, 3.63) is 40.6 Å². The fourth-order valence-electron chi connectivity index (χ4n) is 2.95. The van der Waals surface area contributed by atoms with E-state index in [0.29, 0.717) is 18.9 Å². The van der Waals surface area contributed by atoms with Crippen LogP contribution in [-0.4, -0.2) is 41.0 Å². The number of allylic oxidation sites excluding steroid dienone is 1. The topological polar surface area (TPSA) is 88.9 Å². The van der Waals surface area contributed by atoms with E-state index in [-0.39, 0.29) is 6.61 Å². The number of ether oxygens (including phenoxy) is 1. The zero-order valence-electron chi connectivity index (χ0n) is 14.3. The molecule has 1 unspecified atom stereocenters. The van der Waals surface area contributed by atoms with Gasteiger partial charge in [0.05, 0.1) is 5.88 Å². The van der Waals surface area contributed by atoms with Crippen molar-refractivity contribution in [2.45, 2.75) is 26.3 Å². The Morgan fingerprint density at radius 1 is 1.44 bits per heavy atom. The summed E-state index contributed by atoms with van der Waals surface area (Å²) in [4.78, 5) is 14.6. The summed E-state index contributed by atoms with van der Waals surface area (Å²) in [7, 11) is 0. The highest BCUT2D eigenvalue weighted by Gasteiger charge is 2.29. The van der Waals surface area contributed by atoms with Crippen LogP contribution in [0.15, 0.2) is 39.3 Å². The van der Waals surface area contributed by atoms with Gasteiger partial charge in [-0.3, -0.25) is 4.79 Å². The normalized spacial score (nSPS) is 15.9. The number of nitrogens with zero attached hydrogens (tertiary/aromatic N) is 1. The van der Waals surface area contributed by atoms with Crippen molar-refractivity contribution in [2.24, 2.45) is 5.73 Å². The smallest absolute Gasteiger partial charge is 0.240 e. The van der Waals surface area contributed by atoms with Gasteiger partial charge in [-0.2, -0.15) is 0 Å². The molecule has 1 atom stereocenters. The van der Waals surface area contributed by atoms with Crippen molar-refractivity contribution < 1.29 is 19.1 Å². The average molecular weight is 362 g/mol. The van der Waals surface area contributed by atoms with Crippen molar-refractivity contribution in [1.82, 2.24) is 4.90 Å². The monoisotopic (exact) mass is 362 g/mol. The third kappa shape index (κ3) is 3.77. The molecule has 0 bridgehead atoms. The first-order valence-electron chi connectivity index (χ1n) is 8.12. The Morgan fingerprint density at radius 3 is 2.96 bits per heavy atom. The van der Waals surface area contributed by atoms with Gasteiger partial charge in [0.2, 0.25) is 5.91 Å². The molecule has 6 nitrogen and oxygen atoms in total. The fourth-order valence-corrected chi connectivity index (χ4v) is 4.08. The van der Waals surface area contributed by atoms with E-state index >= 15 is 0 Å². The van der Waals surface area contributed by atoms with Gasteiger partial charge in [0.25, 0.3) is 0 Å². The van der Waals surface area contributed by atoms with E-state index in [4.69, 9.17) is 20.0 Å². The van der Waals surface area contributed by atoms with Crippen LogP contribution in [0.4, 0.5) is 0 Å². The summed E-state index contributed by atoms with van der Waals surface area (Å²) in [5.41, 5.74) is 7.28. The molecule has 3 N–H and O–H groups in total. The molecule has 134 valence electrons. The summed E-state index contributed by atoms with van der Waals surface area (Å²) < 4.78 is 11.5. The molecule has 2 heterocycles. The van der Waals surface area contributed by atoms with Gasteiger partial charge in [0.15, 0.2) is 0 Å². The lowest BCUT2D eigenvalue weighted by Crippen LogP contribution is -2.43. The van der Waals surface area contributed by atoms with Crippen molar-refractivity contribution in [1.29, 1.82) is 0 Å². The second-order valence-electron chi connectivity index (χ2n) is 6.03. The van der Waals surface area contributed by atoms with E-state index in [1.54, 1.807) is 11.8 Å². The molecule has 1 aliphatic rings. The first kappa shape index (κ1) is 17.7. The average Bonchev–Trinajstić information content (AvgIpc) is 3.11. The molecule has 1 aromatic heterocycles. The van der Waals surface area contributed by atoms with Gasteiger partial charge < -0.3 is 24.9 Å². The van der Waals surface area contributed by atoms with E-state index in [2.05, 4.69) is 0 Å². The molecule has 0 saturated carbocycles. The molecular weight excluding hydrogens is 340 g/mol. The number of rotatable bonds is 7. The van der Waals surface area contributed by atoms with Gasteiger partial charge in [0, 0.05) is 22.6 Å². The fraction of sp³-hybridized carbons (Fsp3) is 0.389. The summed E-state index contributed by atoms with van der Waals surface area (Å²) in [6, 6.07) is 7.23. The summed E-state index contributed by atoms with van der Waals surface area (Å²) in [6.07, 6.45) is 0.331. The number of nitrogens with two attached hydrogens (primary N) is 1. The minimum atomic E-state index is -0.486. The number of primary amides is 1. The Kier molecular flexibility index (Phi) is 5.24. The molecule has 0 saturated heterocycles. The van der Waals surface area contributed by atoms with E-state index in [9.17, 15) is 4.79 Å². The molecule has 1 aliphatic heterocycles. The Bertz CT molecular complexity index is 815. The first-order valence-corrected chi connectivity index (χ1v) is 9.10. The maximum absolute atomic E-state index is 11.6. The zero-order valence-corrected chi connectivity index (χ0v) is 15.1. The number of hydrogen-bond donors (Lipinski definition) is 2. The Labute approximate surface area is 150 Å². The van der Waals surface area contributed by atoms with E-state index in [1.165, 1.54) is 0 Å². The number of fused-ring (bicyclic) bond motifs is 1. The highest BCUT2D eigenvalue weighted by Crippen LogP contribution is 2.34. The number of thioether (sulfide) groups is 1. The number of carbonyl (C=O) groups is 1. The standard InChI is InChI=1S/C18H22N2O4S/c1-11-7-13-8-14(3-4-16(13)24-11)23-9-17-12(2)20(10-25-17)15(5-6-21)18(19)22/h3-4,7-8,15,21H,5-6,9-10H2,1-2H3,(H2,19,22). The van der Waals surface area contributed by atoms with E-state index in [1.807, 2.05) is 43.0 Å². The van der Waals surface area contributed by atoms with Crippen LogP contribution in [0, 0.1) is 6.92 Å². The number of hydrogen-bond acceptors (Lipinski definition) is 6. The number of amides is 1. The molecule has 0 fully saturated rings. The highest BCUT2D eigenvalue weighted by molar-refractivity contribution is 8.03. The summed E-state index contributed by atoms with van der Waals surface area (Å²) in [6.45, 7) is 4.23. The molecule has 1 aromatic carbocycles. The first-order chi connectivity index (χ1) is 12.0. The predicted molar refractivity (Wildman–Crippen MR) is 98.1 cm³/mol. The molecule has 2 aromatic rings. The van der Waals surface area contributed by atoms with Crippen molar-refractivity contribution in [3.8, 4) is 5.75 Å². The van der Waals surface area contributed by atoms with Gasteiger partial charge in [-0.15, -0.1) is 11.8 Å². The van der Waals surface area contributed by atoms with Crippen LogP contribution in [0.5, 0.6) is 5.75 Å². The third-order valence-corrected chi connectivity index (χ3v) is 5.47. The molecule has 0 radical (unpaired) electrons. The minimum absolute atomic E-state index is 0.0714. The maximum atomic E-state index is 11.6. The quantitative estimate of drug-likeness (QED) is 0.787. The molecule has 7 heteroatoms. The lowest BCUT2D eigenvalue weighted by Gasteiger charge is -2.27. The Hall–Kier alpha value is -2.12. The number of aliphatic hydroxyl groups excluding tert-OH is 1. The number of carbonyl (C=O) groups excluding carboxylic acids is 1. The molecular formula is C18H22N2O4S. The maximum Gasteiger partial charge on any atom is 0.240 e. The van der Waals surface area contributed by atoms with Crippen molar-refractivity contribution in [3.63, 3.8) is 0 Å². The summed E-state index contributed by atoms with van der Waals surface area (Å²) >= 11 is 1.63. The highest BCUT2D eigenvalue weighted by atomic mass is 32.2. The molecule has 0 spiro atoms. The van der Waals surface area contributed by atoms with E-state index in [0.717, 1.165) is 33.1 Å². The van der Waals surface area contributed by atoms with E-state index < -0.39 is 11.9 Å². The predicted octanol–water partition coefficient (Wildman–Crippen LogP) is 2.59. The van der Waals surface area contributed by atoms with Crippen LogP contribution in [-0.2, 0) is 4.79 Å². The SMILES string of the molecule is CC1=C(COc2ccc3oc(C)cc3c2)SCN1C(CCO)C(N)=O. The molecule has 25 heavy (non-hydrogen) atoms. The third-order valence-electron chi connectivity index (χ3n) is 4.30. The van der Waals surface area contributed by atoms with Gasteiger partial charge in [-0.05, 0) is 44.5 Å². The van der Waals surface area contributed by atoms with Gasteiger partial charge in [0.1, 0.15) is 29.7 Å². The van der Waals surface area contributed by atoms with Crippen molar-refractivity contribution in [2.75, 3.05) is 19.1 Å². The van der Waals surface area contributed by atoms with Crippen LogP contribution in [0.2, 0.25) is 0 Å². The largest absolute Gasteiger partial charge is 0.488 e. The minimum Gasteiger partial charge on any atom is -0.488 e. The van der Waals surface area contributed by atoms with Gasteiger partial charge >= 0.3 is 0 Å². The van der Waals surface area contributed by atoms with Crippen LogP contribution in [0.1, 0.15) is 19.1 Å². The Balaban J connectivity index is 1.70.